The number of ketones is 1. The van der Waals surface area contributed by atoms with Crippen LogP contribution in [-0.4, -0.2) is 5.78 Å². The molecule has 1 nitrogen and oxygen atoms in total. The van der Waals surface area contributed by atoms with Crippen LogP contribution in [0.3, 0.4) is 0 Å². The van der Waals surface area contributed by atoms with Crippen LogP contribution in [0.15, 0.2) is 36.0 Å². The lowest BCUT2D eigenvalue weighted by Gasteiger charge is -2.56. The Morgan fingerprint density at radius 2 is 1.76 bits per heavy atom. The maximum absolute atomic E-state index is 12.0. The maximum atomic E-state index is 12.0. The van der Waals surface area contributed by atoms with E-state index in [1.165, 1.54) is 31.3 Å². The Balaban J connectivity index is 1.57. The Labute approximate surface area is 179 Å². The summed E-state index contributed by atoms with van der Waals surface area (Å²) in [7, 11) is 0. The van der Waals surface area contributed by atoms with Gasteiger partial charge in [0.2, 0.25) is 0 Å². The normalized spacial score (nSPS) is 43.7. The van der Waals surface area contributed by atoms with Crippen LogP contribution in [-0.2, 0) is 4.79 Å². The lowest BCUT2D eigenvalue weighted by molar-refractivity contribution is -0.116. The molecule has 0 amide bonds. The van der Waals surface area contributed by atoms with Crippen molar-refractivity contribution in [1.82, 2.24) is 0 Å². The van der Waals surface area contributed by atoms with Crippen molar-refractivity contribution < 1.29 is 4.79 Å². The Bertz CT molecular complexity index is 739. The average Bonchev–Trinajstić information content (AvgIpc) is 3.03. The molecule has 0 saturated heterocycles. The second kappa shape index (κ2) is 7.54. The fraction of sp³-hybridized carbons (Fsp3) is 0.750. The van der Waals surface area contributed by atoms with Crippen LogP contribution in [0.1, 0.15) is 80.1 Å². The molecule has 0 aliphatic heterocycles. The monoisotopic (exact) mass is 394 g/mol. The van der Waals surface area contributed by atoms with Gasteiger partial charge in [0, 0.05) is 6.42 Å². The summed E-state index contributed by atoms with van der Waals surface area (Å²) < 4.78 is 0. The highest BCUT2D eigenvalue weighted by Gasteiger charge is 2.58. The number of carbonyl (C=O) groups is 1. The van der Waals surface area contributed by atoms with Crippen molar-refractivity contribution in [2.24, 2.45) is 52.3 Å². The molecule has 0 radical (unpaired) electrons. The smallest absolute Gasteiger partial charge is 0.156 e. The molecule has 2 saturated carbocycles. The predicted molar refractivity (Wildman–Crippen MR) is 122 cm³/mol. The first-order chi connectivity index (χ1) is 13.7. The highest BCUT2D eigenvalue weighted by atomic mass is 16.1. The Morgan fingerprint density at radius 3 is 2.48 bits per heavy atom. The van der Waals surface area contributed by atoms with E-state index in [2.05, 4.69) is 65.8 Å². The highest BCUT2D eigenvalue weighted by Crippen LogP contribution is 2.66. The van der Waals surface area contributed by atoms with Crippen molar-refractivity contribution in [3.8, 4) is 0 Å². The van der Waals surface area contributed by atoms with E-state index < -0.39 is 0 Å². The summed E-state index contributed by atoms with van der Waals surface area (Å²) in [5.74, 6) is 5.46. The van der Waals surface area contributed by atoms with Crippen molar-refractivity contribution in [3.05, 3.63) is 36.0 Å². The summed E-state index contributed by atoms with van der Waals surface area (Å²) in [6, 6.07) is 0. The van der Waals surface area contributed by atoms with Crippen molar-refractivity contribution in [2.45, 2.75) is 80.1 Å². The van der Waals surface area contributed by atoms with Crippen molar-refractivity contribution >= 4 is 5.78 Å². The minimum absolute atomic E-state index is 0.227. The molecule has 8 atom stereocenters. The minimum Gasteiger partial charge on any atom is -0.295 e. The molecule has 0 heterocycles. The van der Waals surface area contributed by atoms with Gasteiger partial charge in [0.05, 0.1) is 0 Å². The lowest BCUT2D eigenvalue weighted by Crippen LogP contribution is -2.49. The van der Waals surface area contributed by atoms with E-state index in [1.54, 1.807) is 0 Å². The number of carbonyl (C=O) groups excluding carboxylic acids is 1. The lowest BCUT2D eigenvalue weighted by atomic mass is 9.48. The summed E-state index contributed by atoms with van der Waals surface area (Å²) >= 11 is 0. The van der Waals surface area contributed by atoms with Crippen LogP contribution < -0.4 is 0 Å². The molecule has 1 heteroatoms. The molecule has 0 bridgehead atoms. The number of fused-ring (bicyclic) bond motifs is 5. The minimum atomic E-state index is 0.227. The van der Waals surface area contributed by atoms with Gasteiger partial charge in [-0.1, -0.05) is 65.8 Å². The van der Waals surface area contributed by atoms with Crippen molar-refractivity contribution in [2.75, 3.05) is 0 Å². The van der Waals surface area contributed by atoms with Crippen LogP contribution in [0.4, 0.5) is 0 Å². The Morgan fingerprint density at radius 1 is 1.00 bits per heavy atom. The molecule has 2 fully saturated rings. The Kier molecular flexibility index (Phi) is 5.50. The maximum Gasteiger partial charge on any atom is 0.156 e. The molecule has 160 valence electrons. The van der Waals surface area contributed by atoms with Gasteiger partial charge >= 0.3 is 0 Å². The van der Waals surface area contributed by atoms with Crippen LogP contribution in [0.2, 0.25) is 0 Å². The average molecular weight is 395 g/mol. The van der Waals surface area contributed by atoms with E-state index in [0.717, 1.165) is 36.5 Å². The molecule has 0 spiro atoms. The molecular weight excluding hydrogens is 352 g/mol. The van der Waals surface area contributed by atoms with Crippen molar-refractivity contribution in [1.29, 1.82) is 0 Å². The summed E-state index contributed by atoms with van der Waals surface area (Å²) in [5.41, 5.74) is 2.02. The molecule has 0 N–H and O–H groups in total. The second-order valence-corrected chi connectivity index (χ2v) is 11.7. The van der Waals surface area contributed by atoms with Gasteiger partial charge in [-0.25, -0.2) is 0 Å². The summed E-state index contributed by atoms with van der Waals surface area (Å²) in [6.07, 6.45) is 19.1. The second-order valence-electron chi connectivity index (χ2n) is 11.7. The van der Waals surface area contributed by atoms with Crippen LogP contribution in [0.5, 0.6) is 0 Å². The van der Waals surface area contributed by atoms with Gasteiger partial charge in [-0.3, -0.25) is 4.79 Å². The molecule has 4 aliphatic carbocycles. The number of hydrogen-bond acceptors (Lipinski definition) is 1. The first-order valence-corrected chi connectivity index (χ1v) is 12.3. The van der Waals surface area contributed by atoms with Crippen molar-refractivity contribution in [3.63, 3.8) is 0 Å². The summed E-state index contributed by atoms with van der Waals surface area (Å²) in [4.78, 5) is 12.0. The standard InChI is InChI=1S/C28H42O/c1-18(2)19(3)7-8-20(4)24-11-12-25-23-10-9-21-17-22(29)13-15-27(21,5)26(23)14-16-28(24,25)6/h7-10,17-20,23-26H,11-16H2,1-6H3/b8-7+/t19-,20+,23-,24-,25+,26-,27+,28-/m0/s1. The fourth-order valence-electron chi connectivity index (χ4n) is 7.61. The Hall–Kier alpha value is -1.11. The third kappa shape index (κ3) is 3.41. The summed E-state index contributed by atoms with van der Waals surface area (Å²) in [6.45, 7) is 14.6. The van der Waals surface area contributed by atoms with Gasteiger partial charge in [-0.05, 0) is 96.0 Å². The molecule has 0 aromatic carbocycles. The molecule has 0 aromatic heterocycles. The number of allylic oxidation sites excluding steroid dienone is 6. The van der Waals surface area contributed by atoms with Gasteiger partial charge in [-0.2, -0.15) is 0 Å². The first-order valence-electron chi connectivity index (χ1n) is 12.3. The van der Waals surface area contributed by atoms with Crippen LogP contribution >= 0.6 is 0 Å². The third-order valence-corrected chi connectivity index (χ3v) is 9.99. The number of hydrogen-bond donors (Lipinski definition) is 0. The third-order valence-electron chi connectivity index (χ3n) is 9.99. The fourth-order valence-corrected chi connectivity index (χ4v) is 7.61. The van der Waals surface area contributed by atoms with Gasteiger partial charge in [0.25, 0.3) is 0 Å². The SMILES string of the molecule is CC(C)[C@@H](C)/C=C/[C@@H](C)[C@@H]1CC[C@@H]2[C@@H]3C=CC4=CC(=O)CC[C@@]4(C)[C@H]3CC[C@]21C. The zero-order valence-electron chi connectivity index (χ0n) is 19.6. The zero-order chi connectivity index (χ0) is 21.0. The topological polar surface area (TPSA) is 17.1 Å². The van der Waals surface area contributed by atoms with E-state index in [9.17, 15) is 4.79 Å². The highest BCUT2D eigenvalue weighted by molar-refractivity contribution is 5.92. The van der Waals surface area contributed by atoms with Gasteiger partial charge in [-0.15, -0.1) is 0 Å². The van der Waals surface area contributed by atoms with E-state index in [0.29, 0.717) is 29.0 Å². The largest absolute Gasteiger partial charge is 0.295 e. The van der Waals surface area contributed by atoms with E-state index in [4.69, 9.17) is 0 Å². The quantitative estimate of drug-likeness (QED) is 0.454. The van der Waals surface area contributed by atoms with Gasteiger partial charge in [0.1, 0.15) is 0 Å². The van der Waals surface area contributed by atoms with E-state index >= 15 is 0 Å². The summed E-state index contributed by atoms with van der Waals surface area (Å²) in [5, 5.41) is 0. The first kappa shape index (κ1) is 21.1. The van der Waals surface area contributed by atoms with E-state index in [1.807, 2.05) is 6.08 Å². The predicted octanol–water partition coefficient (Wildman–Crippen LogP) is 7.39. The number of rotatable bonds is 4. The van der Waals surface area contributed by atoms with Gasteiger partial charge in [0.15, 0.2) is 5.78 Å². The van der Waals surface area contributed by atoms with Crippen LogP contribution in [0, 0.1) is 52.3 Å². The molecular formula is C28H42O. The molecule has 0 aromatic rings. The van der Waals surface area contributed by atoms with Crippen LogP contribution in [0.25, 0.3) is 0 Å². The molecule has 4 aliphatic rings. The van der Waals surface area contributed by atoms with E-state index in [-0.39, 0.29) is 5.41 Å². The van der Waals surface area contributed by atoms with Gasteiger partial charge < -0.3 is 0 Å². The zero-order valence-corrected chi connectivity index (χ0v) is 19.6. The molecule has 29 heavy (non-hydrogen) atoms. The molecule has 4 rings (SSSR count). The molecule has 0 unspecified atom stereocenters.